The zero-order valence-corrected chi connectivity index (χ0v) is 15.1. The molecule has 0 radical (unpaired) electrons. The number of halogens is 1. The number of imide groups is 1. The molecule has 10 heteroatoms. The number of carbonyl (C=O) groups is 2. The van der Waals surface area contributed by atoms with Crippen LogP contribution in [0.3, 0.4) is 0 Å². The first-order valence-corrected chi connectivity index (χ1v) is 9.92. The second kappa shape index (κ2) is 6.84. The molecule has 0 unspecified atom stereocenters. The van der Waals surface area contributed by atoms with Crippen LogP contribution in [0.1, 0.15) is 19.8 Å². The Balaban J connectivity index is 1.57. The van der Waals surface area contributed by atoms with Gasteiger partial charge in [-0.2, -0.15) is 0 Å². The van der Waals surface area contributed by atoms with Crippen LogP contribution in [-0.2, 0) is 14.8 Å². The van der Waals surface area contributed by atoms with Gasteiger partial charge >= 0.3 is 6.03 Å². The average Bonchev–Trinajstić information content (AvgIpc) is 2.81. The minimum Gasteiger partial charge on any atom is -0.382 e. The standard InChI is InChI=1S/C16H21FN4O4S/c1-16(14(22)19-15(23)20-16)10-26(24,25)21-8-6-13(7-9-21)18-12-4-2-11(17)3-5-12/h2-5,13,18H,6-10H2,1H3,(H2,19,20,22,23)/t16-/m1/s1. The summed E-state index contributed by atoms with van der Waals surface area (Å²) in [6, 6.07) is 5.40. The van der Waals surface area contributed by atoms with Gasteiger partial charge in [-0.1, -0.05) is 0 Å². The Hall–Kier alpha value is -2.20. The molecule has 0 aromatic heterocycles. The maximum Gasteiger partial charge on any atom is 0.322 e. The number of hydrogen-bond donors (Lipinski definition) is 3. The van der Waals surface area contributed by atoms with Gasteiger partial charge in [-0.15, -0.1) is 0 Å². The molecule has 1 aromatic rings. The molecule has 0 spiro atoms. The lowest BCUT2D eigenvalue weighted by Crippen LogP contribution is -2.53. The highest BCUT2D eigenvalue weighted by molar-refractivity contribution is 7.89. The van der Waals surface area contributed by atoms with Crippen molar-refractivity contribution in [3.05, 3.63) is 30.1 Å². The molecule has 2 saturated heterocycles. The first kappa shape index (κ1) is 18.6. The number of sulfonamides is 1. The maximum absolute atomic E-state index is 12.9. The lowest BCUT2D eigenvalue weighted by atomic mass is 10.1. The first-order valence-electron chi connectivity index (χ1n) is 8.31. The van der Waals surface area contributed by atoms with E-state index in [0.717, 1.165) is 5.69 Å². The minimum atomic E-state index is -3.70. The van der Waals surface area contributed by atoms with Crippen LogP contribution >= 0.6 is 0 Å². The van der Waals surface area contributed by atoms with E-state index >= 15 is 0 Å². The summed E-state index contributed by atoms with van der Waals surface area (Å²) in [5.74, 6) is -1.43. The third-order valence-corrected chi connectivity index (χ3v) is 6.75. The molecule has 3 rings (SSSR count). The molecule has 8 nitrogen and oxygen atoms in total. The van der Waals surface area contributed by atoms with Crippen molar-refractivity contribution in [2.75, 3.05) is 24.2 Å². The van der Waals surface area contributed by atoms with E-state index in [0.29, 0.717) is 25.9 Å². The minimum absolute atomic E-state index is 0.0805. The van der Waals surface area contributed by atoms with Crippen molar-refractivity contribution in [3.8, 4) is 0 Å². The van der Waals surface area contributed by atoms with Crippen LogP contribution in [0.4, 0.5) is 14.9 Å². The van der Waals surface area contributed by atoms with E-state index in [-0.39, 0.29) is 11.9 Å². The SMILES string of the molecule is C[C@]1(CS(=O)(=O)N2CCC(Nc3ccc(F)cc3)CC2)NC(=O)NC1=O. The third kappa shape index (κ3) is 3.96. The van der Waals surface area contributed by atoms with Crippen molar-refractivity contribution in [3.63, 3.8) is 0 Å². The predicted molar refractivity (Wildman–Crippen MR) is 93.5 cm³/mol. The van der Waals surface area contributed by atoms with E-state index in [9.17, 15) is 22.4 Å². The molecule has 1 aromatic carbocycles. The van der Waals surface area contributed by atoms with E-state index < -0.39 is 33.3 Å². The molecular weight excluding hydrogens is 363 g/mol. The maximum atomic E-state index is 12.9. The van der Waals surface area contributed by atoms with Gasteiger partial charge in [0.2, 0.25) is 10.0 Å². The molecule has 1 atom stereocenters. The Labute approximate surface area is 151 Å². The van der Waals surface area contributed by atoms with Gasteiger partial charge in [-0.3, -0.25) is 10.1 Å². The average molecular weight is 384 g/mol. The Kier molecular flexibility index (Phi) is 4.89. The number of urea groups is 1. The summed E-state index contributed by atoms with van der Waals surface area (Å²) in [6.45, 7) is 2.02. The van der Waals surface area contributed by atoms with E-state index in [1.807, 2.05) is 0 Å². The number of hydrogen-bond acceptors (Lipinski definition) is 5. The van der Waals surface area contributed by atoms with Gasteiger partial charge in [0.25, 0.3) is 5.91 Å². The van der Waals surface area contributed by atoms with Crippen molar-refractivity contribution in [2.45, 2.75) is 31.3 Å². The fraction of sp³-hybridized carbons (Fsp3) is 0.500. The van der Waals surface area contributed by atoms with Crippen LogP contribution in [0.25, 0.3) is 0 Å². The zero-order chi connectivity index (χ0) is 18.9. The number of benzene rings is 1. The Morgan fingerprint density at radius 3 is 2.38 bits per heavy atom. The zero-order valence-electron chi connectivity index (χ0n) is 14.3. The van der Waals surface area contributed by atoms with Crippen molar-refractivity contribution < 1.29 is 22.4 Å². The van der Waals surface area contributed by atoms with Gasteiger partial charge < -0.3 is 10.6 Å². The Bertz CT molecular complexity index is 806. The van der Waals surface area contributed by atoms with Crippen molar-refractivity contribution in [2.24, 2.45) is 0 Å². The molecule has 142 valence electrons. The number of nitrogens with one attached hydrogen (secondary N) is 3. The van der Waals surface area contributed by atoms with E-state index in [1.165, 1.54) is 23.4 Å². The summed E-state index contributed by atoms with van der Waals surface area (Å²) in [4.78, 5) is 23.1. The van der Waals surface area contributed by atoms with E-state index in [1.54, 1.807) is 12.1 Å². The van der Waals surface area contributed by atoms with Crippen LogP contribution < -0.4 is 16.0 Å². The van der Waals surface area contributed by atoms with E-state index in [2.05, 4.69) is 16.0 Å². The molecule has 2 heterocycles. The van der Waals surface area contributed by atoms with Crippen LogP contribution in [0.2, 0.25) is 0 Å². The Morgan fingerprint density at radius 1 is 1.23 bits per heavy atom. The van der Waals surface area contributed by atoms with Crippen LogP contribution in [0, 0.1) is 5.82 Å². The molecule has 2 aliphatic heterocycles. The highest BCUT2D eigenvalue weighted by Gasteiger charge is 2.46. The smallest absolute Gasteiger partial charge is 0.322 e. The van der Waals surface area contributed by atoms with Gasteiger partial charge in [0, 0.05) is 24.8 Å². The molecule has 0 aliphatic carbocycles. The normalized spacial score (nSPS) is 25.0. The summed E-state index contributed by atoms with van der Waals surface area (Å²) in [6.07, 6.45) is 1.18. The summed E-state index contributed by atoms with van der Waals surface area (Å²) in [7, 11) is -3.70. The van der Waals surface area contributed by atoms with Crippen LogP contribution in [-0.4, -0.2) is 55.1 Å². The number of amides is 3. The summed E-state index contributed by atoms with van der Waals surface area (Å²) < 4.78 is 39.6. The van der Waals surface area contributed by atoms with Gasteiger partial charge in [0.05, 0.1) is 5.75 Å². The van der Waals surface area contributed by atoms with Crippen molar-refractivity contribution in [1.29, 1.82) is 0 Å². The first-order chi connectivity index (χ1) is 12.2. The van der Waals surface area contributed by atoms with Gasteiger partial charge in [0.15, 0.2) is 0 Å². The van der Waals surface area contributed by atoms with Crippen LogP contribution in [0.15, 0.2) is 24.3 Å². The molecule has 0 saturated carbocycles. The van der Waals surface area contributed by atoms with Crippen LogP contribution in [0.5, 0.6) is 0 Å². The summed E-state index contributed by atoms with van der Waals surface area (Å²) in [5, 5.41) is 7.70. The lowest BCUT2D eigenvalue weighted by Gasteiger charge is -2.33. The summed E-state index contributed by atoms with van der Waals surface area (Å²) >= 11 is 0. The monoisotopic (exact) mass is 384 g/mol. The van der Waals surface area contributed by atoms with Crippen molar-refractivity contribution >= 4 is 27.6 Å². The number of anilines is 1. The van der Waals surface area contributed by atoms with Crippen molar-refractivity contribution in [1.82, 2.24) is 14.9 Å². The molecular formula is C16H21FN4O4S. The molecule has 2 fully saturated rings. The molecule has 3 N–H and O–H groups in total. The third-order valence-electron chi connectivity index (χ3n) is 4.65. The quantitative estimate of drug-likeness (QED) is 0.646. The summed E-state index contributed by atoms with van der Waals surface area (Å²) in [5.41, 5.74) is -0.676. The predicted octanol–water partition coefficient (Wildman–Crippen LogP) is 0.630. The van der Waals surface area contributed by atoms with Gasteiger partial charge in [-0.25, -0.2) is 21.9 Å². The highest BCUT2D eigenvalue weighted by Crippen LogP contribution is 2.22. The van der Waals surface area contributed by atoms with Gasteiger partial charge in [0.1, 0.15) is 11.4 Å². The van der Waals surface area contributed by atoms with E-state index in [4.69, 9.17) is 0 Å². The topological polar surface area (TPSA) is 108 Å². The molecule has 0 bridgehead atoms. The fourth-order valence-corrected chi connectivity index (χ4v) is 5.08. The number of piperidine rings is 1. The second-order valence-electron chi connectivity index (χ2n) is 6.82. The number of rotatable bonds is 5. The number of nitrogens with zero attached hydrogens (tertiary/aromatic N) is 1. The second-order valence-corrected chi connectivity index (χ2v) is 8.79. The fourth-order valence-electron chi connectivity index (χ4n) is 3.20. The van der Waals surface area contributed by atoms with Gasteiger partial charge in [-0.05, 0) is 44.0 Å². The number of carbonyl (C=O) groups excluding carboxylic acids is 2. The molecule has 26 heavy (non-hydrogen) atoms. The highest BCUT2D eigenvalue weighted by atomic mass is 32.2. The molecule has 2 aliphatic rings. The molecule has 3 amide bonds. The largest absolute Gasteiger partial charge is 0.382 e. The lowest BCUT2D eigenvalue weighted by molar-refractivity contribution is -0.122. The Morgan fingerprint density at radius 2 is 1.85 bits per heavy atom.